The van der Waals surface area contributed by atoms with Crippen LogP contribution in [0.3, 0.4) is 0 Å². The molecule has 1 aromatic carbocycles. The lowest BCUT2D eigenvalue weighted by Gasteiger charge is -2.09. The van der Waals surface area contributed by atoms with Crippen LogP contribution in [-0.2, 0) is 12.8 Å². The van der Waals surface area contributed by atoms with Crippen LogP contribution in [0.2, 0.25) is 0 Å². The standard InChI is InChI=1S/C16H12F2N2OS/c17-12-6-3-5-10(14(12)18)15(21)20-16-11(8-19)9-4-1-2-7-13(9)22-16/h3,5-6H,1-2,4,7H2,(H,20,21). The Kier molecular flexibility index (Phi) is 3.90. The number of carbonyl (C=O) groups is 1. The summed E-state index contributed by atoms with van der Waals surface area (Å²) in [7, 11) is 0. The zero-order valence-electron chi connectivity index (χ0n) is 11.6. The molecule has 1 aliphatic carbocycles. The number of fused-ring (bicyclic) bond motifs is 1. The third-order valence-electron chi connectivity index (χ3n) is 3.71. The van der Waals surface area contributed by atoms with E-state index in [0.717, 1.165) is 42.2 Å². The third kappa shape index (κ3) is 2.48. The van der Waals surface area contributed by atoms with E-state index in [0.29, 0.717) is 10.6 Å². The molecule has 112 valence electrons. The van der Waals surface area contributed by atoms with E-state index in [4.69, 9.17) is 0 Å². The normalized spacial score (nSPS) is 13.3. The molecule has 1 heterocycles. The van der Waals surface area contributed by atoms with Crippen molar-refractivity contribution in [2.45, 2.75) is 25.7 Å². The van der Waals surface area contributed by atoms with Crippen molar-refractivity contribution in [1.82, 2.24) is 0 Å². The average molecular weight is 318 g/mol. The fourth-order valence-electron chi connectivity index (χ4n) is 2.62. The molecule has 1 aromatic heterocycles. The predicted molar refractivity (Wildman–Crippen MR) is 80.0 cm³/mol. The highest BCUT2D eigenvalue weighted by molar-refractivity contribution is 7.16. The summed E-state index contributed by atoms with van der Waals surface area (Å²) in [6, 6.07) is 5.56. The van der Waals surface area contributed by atoms with Crippen LogP contribution in [0.25, 0.3) is 0 Å². The number of rotatable bonds is 2. The van der Waals surface area contributed by atoms with Crippen molar-refractivity contribution in [3.63, 3.8) is 0 Å². The van der Waals surface area contributed by atoms with E-state index >= 15 is 0 Å². The van der Waals surface area contributed by atoms with Crippen LogP contribution >= 0.6 is 11.3 Å². The Morgan fingerprint density at radius 1 is 1.27 bits per heavy atom. The maximum absolute atomic E-state index is 13.7. The average Bonchev–Trinajstić information content (AvgIpc) is 2.86. The number of benzene rings is 1. The summed E-state index contributed by atoms with van der Waals surface area (Å²) >= 11 is 1.35. The maximum Gasteiger partial charge on any atom is 0.259 e. The minimum Gasteiger partial charge on any atom is -0.312 e. The number of anilines is 1. The summed E-state index contributed by atoms with van der Waals surface area (Å²) in [6.07, 6.45) is 3.78. The summed E-state index contributed by atoms with van der Waals surface area (Å²) < 4.78 is 26.9. The van der Waals surface area contributed by atoms with Crippen molar-refractivity contribution >= 4 is 22.2 Å². The zero-order chi connectivity index (χ0) is 15.7. The van der Waals surface area contributed by atoms with Crippen molar-refractivity contribution in [3.8, 4) is 6.07 Å². The highest BCUT2D eigenvalue weighted by Crippen LogP contribution is 2.37. The molecule has 1 N–H and O–H groups in total. The van der Waals surface area contributed by atoms with Crippen LogP contribution in [0.15, 0.2) is 18.2 Å². The number of halogens is 2. The first-order valence-corrected chi connectivity index (χ1v) is 7.73. The van der Waals surface area contributed by atoms with Crippen molar-refractivity contribution in [2.75, 3.05) is 5.32 Å². The lowest BCUT2D eigenvalue weighted by molar-refractivity contribution is 0.102. The molecule has 2 aromatic rings. The van der Waals surface area contributed by atoms with Gasteiger partial charge in [0.05, 0.1) is 11.1 Å². The second-order valence-electron chi connectivity index (χ2n) is 5.08. The first kappa shape index (κ1) is 14.7. The molecule has 3 rings (SSSR count). The van der Waals surface area contributed by atoms with E-state index in [1.165, 1.54) is 23.5 Å². The van der Waals surface area contributed by atoms with Gasteiger partial charge in [-0.25, -0.2) is 8.78 Å². The summed E-state index contributed by atoms with van der Waals surface area (Å²) in [5.41, 5.74) is 1.06. The van der Waals surface area contributed by atoms with Gasteiger partial charge < -0.3 is 5.32 Å². The largest absolute Gasteiger partial charge is 0.312 e. The van der Waals surface area contributed by atoms with Gasteiger partial charge in [0.25, 0.3) is 5.91 Å². The molecule has 0 saturated carbocycles. The van der Waals surface area contributed by atoms with Gasteiger partial charge in [-0.2, -0.15) is 5.26 Å². The molecular formula is C16H12F2N2OS. The minimum absolute atomic E-state index is 0.365. The van der Waals surface area contributed by atoms with Crippen molar-refractivity contribution in [2.24, 2.45) is 0 Å². The molecule has 6 heteroatoms. The molecule has 0 fully saturated rings. The predicted octanol–water partition coefficient (Wildman–Crippen LogP) is 4.03. The second-order valence-corrected chi connectivity index (χ2v) is 6.19. The molecule has 1 amide bonds. The lowest BCUT2D eigenvalue weighted by Crippen LogP contribution is -2.14. The molecule has 0 aliphatic heterocycles. The number of aryl methyl sites for hydroxylation is 1. The van der Waals surface area contributed by atoms with Gasteiger partial charge in [-0.05, 0) is 43.4 Å². The molecule has 0 saturated heterocycles. The molecule has 0 atom stereocenters. The van der Waals surface area contributed by atoms with Crippen molar-refractivity contribution < 1.29 is 13.6 Å². The molecule has 0 spiro atoms. The van der Waals surface area contributed by atoms with Gasteiger partial charge in [0.2, 0.25) is 0 Å². The van der Waals surface area contributed by atoms with Crippen LogP contribution in [0.4, 0.5) is 13.8 Å². The van der Waals surface area contributed by atoms with Crippen LogP contribution in [0.5, 0.6) is 0 Å². The summed E-state index contributed by atoms with van der Waals surface area (Å²) in [6.45, 7) is 0. The monoisotopic (exact) mass is 318 g/mol. The fraction of sp³-hybridized carbons (Fsp3) is 0.250. The van der Waals surface area contributed by atoms with Crippen molar-refractivity contribution in [1.29, 1.82) is 5.26 Å². The van der Waals surface area contributed by atoms with Crippen LogP contribution in [0.1, 0.15) is 39.2 Å². The third-order valence-corrected chi connectivity index (χ3v) is 4.91. The highest BCUT2D eigenvalue weighted by atomic mass is 32.1. The van der Waals surface area contributed by atoms with E-state index in [-0.39, 0.29) is 5.56 Å². The molecule has 0 radical (unpaired) electrons. The number of hydrogen-bond acceptors (Lipinski definition) is 3. The van der Waals surface area contributed by atoms with E-state index in [2.05, 4.69) is 11.4 Å². The summed E-state index contributed by atoms with van der Waals surface area (Å²) in [5, 5.41) is 12.3. The van der Waals surface area contributed by atoms with Gasteiger partial charge in [0.1, 0.15) is 11.1 Å². The molecule has 0 bridgehead atoms. The Labute approximate surface area is 130 Å². The van der Waals surface area contributed by atoms with Gasteiger partial charge in [-0.1, -0.05) is 6.07 Å². The van der Waals surface area contributed by atoms with Crippen molar-refractivity contribution in [3.05, 3.63) is 51.4 Å². The zero-order valence-corrected chi connectivity index (χ0v) is 12.4. The Bertz CT molecular complexity index is 792. The van der Waals surface area contributed by atoms with Gasteiger partial charge in [0, 0.05) is 4.88 Å². The highest BCUT2D eigenvalue weighted by Gasteiger charge is 2.23. The van der Waals surface area contributed by atoms with Gasteiger partial charge >= 0.3 is 0 Å². The SMILES string of the molecule is N#Cc1c(NC(=O)c2cccc(F)c2F)sc2c1CCCC2. The number of amides is 1. The summed E-state index contributed by atoms with van der Waals surface area (Å²) in [5.74, 6) is -2.99. The molecule has 3 nitrogen and oxygen atoms in total. The molecule has 22 heavy (non-hydrogen) atoms. The Morgan fingerprint density at radius 2 is 2.05 bits per heavy atom. The topological polar surface area (TPSA) is 52.9 Å². The first-order chi connectivity index (χ1) is 10.6. The van der Waals surface area contributed by atoms with Gasteiger partial charge in [-0.15, -0.1) is 11.3 Å². The molecule has 0 unspecified atom stereocenters. The Hall–Kier alpha value is -2.26. The number of nitrogens with one attached hydrogen (secondary N) is 1. The number of carbonyl (C=O) groups excluding carboxylic acids is 1. The first-order valence-electron chi connectivity index (χ1n) is 6.92. The number of nitrogens with zero attached hydrogens (tertiary/aromatic N) is 1. The van der Waals surface area contributed by atoms with Gasteiger partial charge in [0.15, 0.2) is 11.6 Å². The quantitative estimate of drug-likeness (QED) is 0.909. The lowest BCUT2D eigenvalue weighted by atomic mass is 9.96. The van der Waals surface area contributed by atoms with Crippen LogP contribution < -0.4 is 5.32 Å². The molecule has 1 aliphatic rings. The minimum atomic E-state index is -1.18. The Balaban J connectivity index is 1.93. The van der Waals surface area contributed by atoms with Crippen LogP contribution in [0, 0.1) is 23.0 Å². The number of thiophene rings is 1. The number of hydrogen-bond donors (Lipinski definition) is 1. The smallest absolute Gasteiger partial charge is 0.259 e. The number of nitriles is 1. The van der Waals surface area contributed by atoms with Gasteiger partial charge in [-0.3, -0.25) is 4.79 Å². The maximum atomic E-state index is 13.7. The van der Waals surface area contributed by atoms with E-state index in [9.17, 15) is 18.8 Å². The van der Waals surface area contributed by atoms with Crippen LogP contribution in [-0.4, -0.2) is 5.91 Å². The second kappa shape index (κ2) is 5.85. The summed E-state index contributed by atoms with van der Waals surface area (Å²) in [4.78, 5) is 13.2. The fourth-order valence-corrected chi connectivity index (χ4v) is 3.86. The van der Waals surface area contributed by atoms with E-state index in [1.807, 2.05) is 0 Å². The van der Waals surface area contributed by atoms with E-state index in [1.54, 1.807) is 0 Å². The van der Waals surface area contributed by atoms with E-state index < -0.39 is 17.5 Å². The molecular weight excluding hydrogens is 306 g/mol. The Morgan fingerprint density at radius 3 is 2.82 bits per heavy atom.